The lowest BCUT2D eigenvalue weighted by molar-refractivity contribution is -0.118. The van der Waals surface area contributed by atoms with Crippen molar-refractivity contribution in [1.29, 1.82) is 0 Å². The van der Waals surface area contributed by atoms with Crippen LogP contribution in [0.1, 0.15) is 35.4 Å². The number of amides is 2. The van der Waals surface area contributed by atoms with E-state index in [1.807, 2.05) is 22.4 Å². The van der Waals surface area contributed by atoms with Crippen LogP contribution in [0.15, 0.2) is 17.5 Å². The number of thiophene rings is 1. The Kier molecular flexibility index (Phi) is 4.78. The van der Waals surface area contributed by atoms with Crippen molar-refractivity contribution in [3.8, 4) is 0 Å². The minimum absolute atomic E-state index is 0.151. The normalized spacial score (nSPS) is 25.7. The molecule has 0 radical (unpaired) electrons. The molecule has 1 aromatic heterocycles. The Morgan fingerprint density at radius 1 is 1.32 bits per heavy atom. The minimum Gasteiger partial charge on any atom is -0.370 e. The SMILES string of the molecule is NC(=O)CCN1CCCC[C@H]2CN(C(=O)c3cccs3)C[C@H]21. The molecule has 3 heterocycles. The molecule has 0 unspecified atom stereocenters. The molecule has 2 aliphatic heterocycles. The number of rotatable bonds is 4. The second kappa shape index (κ2) is 6.79. The molecule has 0 spiro atoms. The van der Waals surface area contributed by atoms with Crippen molar-refractivity contribution in [2.75, 3.05) is 26.2 Å². The number of fused-ring (bicyclic) bond motifs is 1. The molecule has 2 saturated heterocycles. The summed E-state index contributed by atoms with van der Waals surface area (Å²) in [5.41, 5.74) is 5.30. The highest BCUT2D eigenvalue weighted by atomic mass is 32.1. The van der Waals surface area contributed by atoms with Crippen LogP contribution < -0.4 is 5.73 Å². The van der Waals surface area contributed by atoms with Crippen molar-refractivity contribution >= 4 is 23.2 Å². The van der Waals surface area contributed by atoms with E-state index in [1.165, 1.54) is 30.6 Å². The number of carbonyl (C=O) groups is 2. The lowest BCUT2D eigenvalue weighted by atomic mass is 9.98. The molecule has 22 heavy (non-hydrogen) atoms. The molecule has 120 valence electrons. The number of hydrogen-bond donors (Lipinski definition) is 1. The molecule has 0 aromatic carbocycles. The Balaban J connectivity index is 1.68. The molecule has 2 atom stereocenters. The van der Waals surface area contributed by atoms with Gasteiger partial charge in [-0.2, -0.15) is 0 Å². The third kappa shape index (κ3) is 3.33. The van der Waals surface area contributed by atoms with Crippen molar-refractivity contribution in [3.05, 3.63) is 22.4 Å². The van der Waals surface area contributed by atoms with Crippen LogP contribution in [0.3, 0.4) is 0 Å². The van der Waals surface area contributed by atoms with Crippen LogP contribution >= 0.6 is 11.3 Å². The van der Waals surface area contributed by atoms with E-state index in [0.29, 0.717) is 18.4 Å². The predicted octanol–water partition coefficient (Wildman–Crippen LogP) is 1.55. The van der Waals surface area contributed by atoms with E-state index in [0.717, 1.165) is 31.1 Å². The Hall–Kier alpha value is -1.40. The van der Waals surface area contributed by atoms with Gasteiger partial charge in [0.25, 0.3) is 5.91 Å². The quantitative estimate of drug-likeness (QED) is 0.915. The number of nitrogens with two attached hydrogens (primary N) is 1. The molecule has 0 saturated carbocycles. The summed E-state index contributed by atoms with van der Waals surface area (Å²) >= 11 is 1.50. The molecule has 2 aliphatic rings. The summed E-state index contributed by atoms with van der Waals surface area (Å²) in [6, 6.07) is 4.20. The standard InChI is InChI=1S/C16H23N3O2S/c17-15(20)6-8-18-7-2-1-4-12-10-19(11-13(12)18)16(21)14-5-3-9-22-14/h3,5,9,12-13H,1-2,4,6-8,10-11H2,(H2,17,20)/t12-,13+/m0/s1. The van der Waals surface area contributed by atoms with Gasteiger partial charge in [0, 0.05) is 32.1 Å². The van der Waals surface area contributed by atoms with Gasteiger partial charge in [0.1, 0.15) is 0 Å². The zero-order valence-electron chi connectivity index (χ0n) is 12.7. The van der Waals surface area contributed by atoms with E-state index in [9.17, 15) is 9.59 Å². The van der Waals surface area contributed by atoms with Crippen molar-refractivity contribution in [1.82, 2.24) is 9.80 Å². The van der Waals surface area contributed by atoms with Gasteiger partial charge < -0.3 is 10.6 Å². The van der Waals surface area contributed by atoms with Crippen LogP contribution in [0.25, 0.3) is 0 Å². The van der Waals surface area contributed by atoms with E-state index < -0.39 is 0 Å². The molecule has 5 nitrogen and oxygen atoms in total. The maximum atomic E-state index is 12.6. The second-order valence-electron chi connectivity index (χ2n) is 6.26. The number of hydrogen-bond acceptors (Lipinski definition) is 4. The molecule has 2 fully saturated rings. The molecular formula is C16H23N3O2S. The van der Waals surface area contributed by atoms with Crippen molar-refractivity contribution in [2.24, 2.45) is 11.7 Å². The fourth-order valence-corrected chi connectivity index (χ4v) is 4.38. The highest BCUT2D eigenvalue weighted by Gasteiger charge is 2.39. The van der Waals surface area contributed by atoms with Crippen LogP contribution in [0.2, 0.25) is 0 Å². The molecule has 6 heteroatoms. The van der Waals surface area contributed by atoms with Crippen LogP contribution in [-0.2, 0) is 4.79 Å². The third-order valence-corrected chi connectivity index (χ3v) is 5.67. The summed E-state index contributed by atoms with van der Waals surface area (Å²) in [7, 11) is 0. The van der Waals surface area contributed by atoms with Crippen LogP contribution in [0, 0.1) is 5.92 Å². The summed E-state index contributed by atoms with van der Waals surface area (Å²) in [6.07, 6.45) is 3.95. The maximum Gasteiger partial charge on any atom is 0.263 e. The summed E-state index contributed by atoms with van der Waals surface area (Å²) in [6.45, 7) is 3.35. The average molecular weight is 321 g/mol. The fourth-order valence-electron chi connectivity index (χ4n) is 3.69. The zero-order chi connectivity index (χ0) is 15.5. The summed E-state index contributed by atoms with van der Waals surface area (Å²) in [4.78, 5) is 28.8. The molecule has 0 aliphatic carbocycles. The minimum atomic E-state index is -0.245. The van der Waals surface area contributed by atoms with Crippen molar-refractivity contribution < 1.29 is 9.59 Å². The fraction of sp³-hybridized carbons (Fsp3) is 0.625. The summed E-state index contributed by atoms with van der Waals surface area (Å²) in [5, 5.41) is 1.95. The third-order valence-electron chi connectivity index (χ3n) is 4.81. The lowest BCUT2D eigenvalue weighted by Crippen LogP contribution is -2.42. The first-order valence-corrected chi connectivity index (χ1v) is 8.88. The number of likely N-dealkylation sites (tertiary alicyclic amines) is 2. The van der Waals surface area contributed by atoms with Gasteiger partial charge in [0.15, 0.2) is 0 Å². The number of primary amides is 1. The zero-order valence-corrected chi connectivity index (χ0v) is 13.6. The Morgan fingerprint density at radius 2 is 2.18 bits per heavy atom. The molecule has 3 rings (SSSR count). The molecule has 2 amide bonds. The molecular weight excluding hydrogens is 298 g/mol. The van der Waals surface area contributed by atoms with Crippen LogP contribution in [-0.4, -0.2) is 53.8 Å². The Morgan fingerprint density at radius 3 is 2.91 bits per heavy atom. The van der Waals surface area contributed by atoms with Gasteiger partial charge >= 0.3 is 0 Å². The highest BCUT2D eigenvalue weighted by Crippen LogP contribution is 2.31. The van der Waals surface area contributed by atoms with Gasteiger partial charge in [-0.05, 0) is 36.8 Å². The lowest BCUT2D eigenvalue weighted by Gasteiger charge is -2.29. The average Bonchev–Trinajstić information content (AvgIpc) is 3.12. The Bertz CT molecular complexity index is 532. The Labute approximate surface area is 135 Å². The van der Waals surface area contributed by atoms with Gasteiger partial charge in [-0.3, -0.25) is 14.5 Å². The topological polar surface area (TPSA) is 66.6 Å². The summed E-state index contributed by atoms with van der Waals surface area (Å²) < 4.78 is 0. The second-order valence-corrected chi connectivity index (χ2v) is 7.21. The number of carbonyl (C=O) groups excluding carboxylic acids is 2. The molecule has 2 N–H and O–H groups in total. The smallest absolute Gasteiger partial charge is 0.263 e. The van der Waals surface area contributed by atoms with Gasteiger partial charge in [0.2, 0.25) is 5.91 Å². The van der Waals surface area contributed by atoms with E-state index in [1.54, 1.807) is 0 Å². The van der Waals surface area contributed by atoms with Crippen molar-refractivity contribution in [3.63, 3.8) is 0 Å². The van der Waals surface area contributed by atoms with Crippen molar-refractivity contribution in [2.45, 2.75) is 31.7 Å². The highest BCUT2D eigenvalue weighted by molar-refractivity contribution is 7.12. The van der Waals surface area contributed by atoms with E-state index >= 15 is 0 Å². The van der Waals surface area contributed by atoms with Gasteiger partial charge in [0.05, 0.1) is 4.88 Å². The van der Waals surface area contributed by atoms with Gasteiger partial charge in [-0.25, -0.2) is 0 Å². The van der Waals surface area contributed by atoms with E-state index in [4.69, 9.17) is 5.73 Å². The summed E-state index contributed by atoms with van der Waals surface area (Å²) in [5.74, 6) is 0.433. The van der Waals surface area contributed by atoms with Crippen LogP contribution in [0.4, 0.5) is 0 Å². The first kappa shape index (κ1) is 15.5. The number of nitrogens with zero attached hydrogens (tertiary/aromatic N) is 2. The van der Waals surface area contributed by atoms with Gasteiger partial charge in [-0.15, -0.1) is 11.3 Å². The maximum absolute atomic E-state index is 12.6. The first-order valence-electron chi connectivity index (χ1n) is 8.00. The van der Waals surface area contributed by atoms with Crippen LogP contribution in [0.5, 0.6) is 0 Å². The monoisotopic (exact) mass is 321 g/mol. The largest absolute Gasteiger partial charge is 0.370 e. The van der Waals surface area contributed by atoms with E-state index in [-0.39, 0.29) is 11.8 Å². The molecule has 0 bridgehead atoms. The van der Waals surface area contributed by atoms with E-state index in [2.05, 4.69) is 4.90 Å². The first-order chi connectivity index (χ1) is 10.6. The molecule has 1 aromatic rings. The predicted molar refractivity (Wildman–Crippen MR) is 86.7 cm³/mol. The van der Waals surface area contributed by atoms with Gasteiger partial charge in [-0.1, -0.05) is 12.5 Å².